The Balaban J connectivity index is 2.44. The maximum absolute atomic E-state index is 13.3. The summed E-state index contributed by atoms with van der Waals surface area (Å²) in [4.78, 5) is 13.9. The van der Waals surface area contributed by atoms with Gasteiger partial charge in [-0.1, -0.05) is 26.8 Å². The highest BCUT2D eigenvalue weighted by atomic mass is 32.2. The van der Waals surface area contributed by atoms with Crippen molar-refractivity contribution in [1.82, 2.24) is 9.21 Å². The van der Waals surface area contributed by atoms with Crippen molar-refractivity contribution in [3.8, 4) is 0 Å². The summed E-state index contributed by atoms with van der Waals surface area (Å²) in [5.74, 6) is -0.221. The van der Waals surface area contributed by atoms with Gasteiger partial charge in [0, 0.05) is 27.2 Å². The van der Waals surface area contributed by atoms with Gasteiger partial charge >= 0.3 is 0 Å². The van der Waals surface area contributed by atoms with Crippen LogP contribution in [-0.4, -0.2) is 63.4 Å². The molecule has 146 valence electrons. The fourth-order valence-corrected chi connectivity index (χ4v) is 4.70. The number of likely N-dealkylation sites (N-methyl/N-ethyl adjacent to an activating group) is 1. The maximum atomic E-state index is 13.3. The lowest BCUT2D eigenvalue weighted by molar-refractivity contribution is -0.144. The zero-order valence-electron chi connectivity index (χ0n) is 16.8. The number of sulfonamides is 1. The minimum absolute atomic E-state index is 0.0393. The molecular formula is C19H30N2O4S. The first-order chi connectivity index (χ1) is 11.9. The maximum Gasteiger partial charge on any atom is 0.252 e. The van der Waals surface area contributed by atoms with Gasteiger partial charge in [-0.25, -0.2) is 8.42 Å². The van der Waals surface area contributed by atoms with Crippen molar-refractivity contribution < 1.29 is 17.9 Å². The Morgan fingerprint density at radius 2 is 1.85 bits per heavy atom. The van der Waals surface area contributed by atoms with E-state index in [4.69, 9.17) is 4.74 Å². The van der Waals surface area contributed by atoms with E-state index >= 15 is 0 Å². The molecule has 1 aromatic carbocycles. The van der Waals surface area contributed by atoms with Crippen LogP contribution in [0, 0.1) is 13.8 Å². The predicted molar refractivity (Wildman–Crippen MR) is 102 cm³/mol. The van der Waals surface area contributed by atoms with Crippen molar-refractivity contribution in [3.63, 3.8) is 0 Å². The molecule has 1 amide bonds. The Hall–Kier alpha value is -1.44. The lowest BCUT2D eigenvalue weighted by Crippen LogP contribution is -2.51. The zero-order chi connectivity index (χ0) is 19.9. The van der Waals surface area contributed by atoms with Crippen LogP contribution in [0.3, 0.4) is 0 Å². The van der Waals surface area contributed by atoms with Crippen LogP contribution in [0.5, 0.6) is 0 Å². The van der Waals surface area contributed by atoms with E-state index in [0.29, 0.717) is 4.90 Å². The monoisotopic (exact) mass is 382 g/mol. The van der Waals surface area contributed by atoms with E-state index in [2.05, 4.69) is 20.8 Å². The second-order valence-electron chi connectivity index (χ2n) is 8.12. The Kier molecular flexibility index (Phi) is 5.85. The van der Waals surface area contributed by atoms with E-state index in [1.165, 1.54) is 9.21 Å². The standard InChI is InChI=1S/C19H30N2O4S/c1-13-10-15(19(3,4)5)11-17(14(13)2)26(23,24)21-8-9-25-16(12-21)18(22)20(6)7/h10-11,16H,8-9,12H2,1-7H3. The quantitative estimate of drug-likeness (QED) is 0.803. The van der Waals surface area contributed by atoms with Crippen LogP contribution in [0.15, 0.2) is 17.0 Å². The van der Waals surface area contributed by atoms with Crippen LogP contribution < -0.4 is 0 Å². The van der Waals surface area contributed by atoms with E-state index < -0.39 is 16.1 Å². The van der Waals surface area contributed by atoms with Gasteiger partial charge < -0.3 is 9.64 Å². The number of morpholine rings is 1. The third-order valence-corrected chi connectivity index (χ3v) is 6.84. The third kappa shape index (κ3) is 4.10. The van der Waals surface area contributed by atoms with Gasteiger partial charge in [0.2, 0.25) is 10.0 Å². The number of benzene rings is 1. The van der Waals surface area contributed by atoms with Crippen molar-refractivity contribution in [2.45, 2.75) is 51.0 Å². The number of amides is 1. The van der Waals surface area contributed by atoms with Crippen LogP contribution in [-0.2, 0) is 25.0 Å². The first-order valence-corrected chi connectivity index (χ1v) is 10.2. The number of carbonyl (C=O) groups excluding carboxylic acids is 1. The second kappa shape index (κ2) is 7.29. The van der Waals surface area contributed by atoms with Crippen LogP contribution in [0.2, 0.25) is 0 Å². The minimum Gasteiger partial charge on any atom is -0.366 e. The average molecular weight is 383 g/mol. The highest BCUT2D eigenvalue weighted by molar-refractivity contribution is 7.89. The molecule has 0 bridgehead atoms. The molecule has 1 heterocycles. The molecule has 1 atom stereocenters. The van der Waals surface area contributed by atoms with E-state index in [0.717, 1.165) is 16.7 Å². The highest BCUT2D eigenvalue weighted by Crippen LogP contribution is 2.31. The van der Waals surface area contributed by atoms with Crippen LogP contribution >= 0.6 is 0 Å². The number of nitrogens with zero attached hydrogens (tertiary/aromatic N) is 2. The van der Waals surface area contributed by atoms with Crippen molar-refractivity contribution in [2.24, 2.45) is 0 Å². The SMILES string of the molecule is Cc1cc(C(C)(C)C)cc(S(=O)(=O)N2CCOC(C(=O)N(C)C)C2)c1C. The van der Waals surface area contributed by atoms with Gasteiger partial charge in [-0.05, 0) is 42.0 Å². The molecule has 0 N–H and O–H groups in total. The summed E-state index contributed by atoms with van der Waals surface area (Å²) in [5, 5.41) is 0. The Bertz CT molecular complexity index is 794. The summed E-state index contributed by atoms with van der Waals surface area (Å²) in [6.45, 7) is 10.4. The van der Waals surface area contributed by atoms with Crippen LogP contribution in [0.25, 0.3) is 0 Å². The molecular weight excluding hydrogens is 352 g/mol. The first kappa shape index (κ1) is 20.9. The summed E-state index contributed by atoms with van der Waals surface area (Å²) in [7, 11) is -0.431. The fraction of sp³-hybridized carbons (Fsp3) is 0.632. The summed E-state index contributed by atoms with van der Waals surface area (Å²) < 4.78 is 33.5. The van der Waals surface area contributed by atoms with Crippen molar-refractivity contribution in [3.05, 3.63) is 28.8 Å². The van der Waals surface area contributed by atoms with Crippen molar-refractivity contribution >= 4 is 15.9 Å². The number of hydrogen-bond donors (Lipinski definition) is 0. The second-order valence-corrected chi connectivity index (χ2v) is 10.0. The fourth-order valence-electron chi connectivity index (χ4n) is 2.95. The molecule has 6 nitrogen and oxygen atoms in total. The minimum atomic E-state index is -3.71. The smallest absolute Gasteiger partial charge is 0.252 e. The molecule has 0 saturated carbocycles. The molecule has 1 aromatic rings. The third-order valence-electron chi connectivity index (χ3n) is 4.85. The molecule has 0 aliphatic carbocycles. The Morgan fingerprint density at radius 1 is 1.23 bits per heavy atom. The molecule has 1 fully saturated rings. The highest BCUT2D eigenvalue weighted by Gasteiger charge is 2.36. The number of carbonyl (C=O) groups is 1. The molecule has 0 radical (unpaired) electrons. The largest absolute Gasteiger partial charge is 0.366 e. The molecule has 1 aliphatic heterocycles. The van der Waals surface area contributed by atoms with Gasteiger partial charge in [-0.2, -0.15) is 4.31 Å². The molecule has 1 saturated heterocycles. The first-order valence-electron chi connectivity index (χ1n) is 8.80. The molecule has 7 heteroatoms. The zero-order valence-corrected chi connectivity index (χ0v) is 17.6. The van der Waals surface area contributed by atoms with E-state index in [1.54, 1.807) is 20.2 Å². The van der Waals surface area contributed by atoms with Gasteiger partial charge in [-0.15, -0.1) is 0 Å². The van der Waals surface area contributed by atoms with E-state index in [-0.39, 0.29) is 31.0 Å². The molecule has 1 aliphatic rings. The number of aryl methyl sites for hydroxylation is 1. The molecule has 0 spiro atoms. The number of hydrogen-bond acceptors (Lipinski definition) is 4. The lowest BCUT2D eigenvalue weighted by Gasteiger charge is -2.33. The summed E-state index contributed by atoms with van der Waals surface area (Å²) in [6.07, 6.45) is -0.763. The van der Waals surface area contributed by atoms with E-state index in [1.807, 2.05) is 19.9 Å². The van der Waals surface area contributed by atoms with Gasteiger partial charge in [0.1, 0.15) is 6.10 Å². The average Bonchev–Trinajstić information content (AvgIpc) is 2.55. The van der Waals surface area contributed by atoms with Gasteiger partial charge in [0.05, 0.1) is 11.5 Å². The van der Waals surface area contributed by atoms with Crippen LogP contribution in [0.4, 0.5) is 0 Å². The topological polar surface area (TPSA) is 66.9 Å². The van der Waals surface area contributed by atoms with Crippen molar-refractivity contribution in [1.29, 1.82) is 0 Å². The molecule has 1 unspecified atom stereocenters. The van der Waals surface area contributed by atoms with Crippen molar-refractivity contribution in [2.75, 3.05) is 33.8 Å². The van der Waals surface area contributed by atoms with E-state index in [9.17, 15) is 13.2 Å². The summed E-state index contributed by atoms with van der Waals surface area (Å²) in [5.41, 5.74) is 2.52. The predicted octanol–water partition coefficient (Wildman–Crippen LogP) is 2.08. The molecule has 2 rings (SSSR count). The normalized spacial score (nSPS) is 19.4. The van der Waals surface area contributed by atoms with Crippen LogP contribution in [0.1, 0.15) is 37.5 Å². The lowest BCUT2D eigenvalue weighted by atomic mass is 9.85. The molecule has 26 heavy (non-hydrogen) atoms. The molecule has 0 aromatic heterocycles. The van der Waals surface area contributed by atoms with Gasteiger partial charge in [0.15, 0.2) is 0 Å². The number of rotatable bonds is 3. The Morgan fingerprint density at radius 3 is 2.38 bits per heavy atom. The Labute approximate surface area is 157 Å². The number of ether oxygens (including phenoxy) is 1. The summed E-state index contributed by atoms with van der Waals surface area (Å²) in [6, 6.07) is 3.82. The van der Waals surface area contributed by atoms with Gasteiger partial charge in [-0.3, -0.25) is 4.79 Å². The summed E-state index contributed by atoms with van der Waals surface area (Å²) >= 11 is 0. The van der Waals surface area contributed by atoms with Gasteiger partial charge in [0.25, 0.3) is 5.91 Å².